The highest BCUT2D eigenvalue weighted by atomic mass is 16.5. The molecule has 24 heavy (non-hydrogen) atoms. The van der Waals surface area contributed by atoms with Gasteiger partial charge in [0.1, 0.15) is 12.4 Å². The number of esters is 1. The van der Waals surface area contributed by atoms with Crippen LogP contribution in [0.4, 0.5) is 0 Å². The van der Waals surface area contributed by atoms with Crippen LogP contribution in [0.2, 0.25) is 0 Å². The van der Waals surface area contributed by atoms with Gasteiger partial charge in [-0.15, -0.1) is 0 Å². The average Bonchev–Trinajstić information content (AvgIpc) is 2.64. The van der Waals surface area contributed by atoms with Crippen LogP contribution in [0.5, 0.6) is 5.75 Å². The highest BCUT2D eigenvalue weighted by Gasteiger charge is 2.08. The molecule has 0 bridgehead atoms. The summed E-state index contributed by atoms with van der Waals surface area (Å²) in [6.45, 7) is 1.22. The van der Waals surface area contributed by atoms with E-state index >= 15 is 0 Å². The number of carbonyl (C=O) groups excluding carboxylic acids is 1. The second kappa shape index (κ2) is 9.33. The number of nitriles is 1. The number of benzene rings is 2. The van der Waals surface area contributed by atoms with Gasteiger partial charge in [-0.3, -0.25) is 0 Å². The Morgan fingerprint density at radius 3 is 2.62 bits per heavy atom. The molecule has 0 saturated heterocycles. The zero-order chi connectivity index (χ0) is 17.2. The van der Waals surface area contributed by atoms with E-state index in [0.717, 1.165) is 5.56 Å². The Kier molecular flexibility index (Phi) is 6.81. The van der Waals surface area contributed by atoms with Crippen LogP contribution in [0.25, 0.3) is 0 Å². The lowest BCUT2D eigenvalue weighted by molar-refractivity contribution is 0.0468. The Bertz CT molecular complexity index is 704. The van der Waals surface area contributed by atoms with Gasteiger partial charge in [-0.1, -0.05) is 12.1 Å². The second-order valence-corrected chi connectivity index (χ2v) is 5.11. The van der Waals surface area contributed by atoms with Crippen LogP contribution >= 0.6 is 0 Å². The van der Waals surface area contributed by atoms with E-state index in [1.807, 2.05) is 6.07 Å². The van der Waals surface area contributed by atoms with Gasteiger partial charge in [-0.05, 0) is 42.0 Å². The second-order valence-electron chi connectivity index (χ2n) is 5.11. The third-order valence-corrected chi connectivity index (χ3v) is 3.28. The minimum Gasteiger partial charge on any atom is -0.489 e. The molecule has 5 heteroatoms. The van der Waals surface area contributed by atoms with Crippen LogP contribution in [0.15, 0.2) is 48.5 Å². The molecule has 0 aliphatic heterocycles. The number of methoxy groups -OCH3 is 1. The molecule has 0 atom stereocenters. The molecule has 0 N–H and O–H groups in total. The molecule has 0 unspecified atom stereocenters. The molecule has 2 aromatic rings. The number of hydrogen-bond donors (Lipinski definition) is 0. The van der Waals surface area contributed by atoms with Crippen molar-refractivity contribution in [1.29, 1.82) is 5.26 Å². The zero-order valence-electron chi connectivity index (χ0n) is 13.5. The number of hydrogen-bond acceptors (Lipinski definition) is 5. The summed E-state index contributed by atoms with van der Waals surface area (Å²) in [4.78, 5) is 12.0. The van der Waals surface area contributed by atoms with Crippen molar-refractivity contribution in [3.05, 3.63) is 65.2 Å². The molecule has 2 aromatic carbocycles. The first-order valence-electron chi connectivity index (χ1n) is 7.61. The van der Waals surface area contributed by atoms with Crippen LogP contribution in [-0.4, -0.2) is 26.3 Å². The zero-order valence-corrected chi connectivity index (χ0v) is 13.5. The lowest BCUT2D eigenvalue weighted by Crippen LogP contribution is -2.08. The topological polar surface area (TPSA) is 68.6 Å². The van der Waals surface area contributed by atoms with Crippen molar-refractivity contribution in [3.63, 3.8) is 0 Å². The lowest BCUT2D eigenvalue weighted by atomic mass is 10.1. The SMILES string of the molecule is COCCCOC(=O)c1cccc(COc2ccc(C#N)cc2)c1. The molecular weight excluding hydrogens is 306 g/mol. The van der Waals surface area contributed by atoms with Gasteiger partial charge in [0.25, 0.3) is 0 Å². The summed E-state index contributed by atoms with van der Waals surface area (Å²) in [6, 6.07) is 16.1. The van der Waals surface area contributed by atoms with Gasteiger partial charge >= 0.3 is 5.97 Å². The molecule has 0 amide bonds. The van der Waals surface area contributed by atoms with Crippen LogP contribution < -0.4 is 4.74 Å². The molecular formula is C19H19NO4. The van der Waals surface area contributed by atoms with Crippen LogP contribution in [-0.2, 0) is 16.1 Å². The highest BCUT2D eigenvalue weighted by Crippen LogP contribution is 2.15. The van der Waals surface area contributed by atoms with Crippen molar-refractivity contribution in [3.8, 4) is 11.8 Å². The van der Waals surface area contributed by atoms with Crippen molar-refractivity contribution in [2.75, 3.05) is 20.3 Å². The molecule has 0 radical (unpaired) electrons. The molecule has 0 aromatic heterocycles. The van der Waals surface area contributed by atoms with E-state index in [9.17, 15) is 4.79 Å². The summed E-state index contributed by atoms with van der Waals surface area (Å²) in [5.74, 6) is 0.313. The minimum absolute atomic E-state index is 0.330. The summed E-state index contributed by atoms with van der Waals surface area (Å²) in [5.41, 5.74) is 1.94. The molecule has 0 saturated carbocycles. The van der Waals surface area contributed by atoms with E-state index in [-0.39, 0.29) is 5.97 Å². The van der Waals surface area contributed by atoms with Crippen molar-refractivity contribution in [1.82, 2.24) is 0 Å². The fourth-order valence-electron chi connectivity index (χ4n) is 2.03. The first kappa shape index (κ1) is 17.5. The molecule has 2 rings (SSSR count). The Balaban J connectivity index is 1.89. The maximum absolute atomic E-state index is 12.0. The van der Waals surface area contributed by atoms with Gasteiger partial charge < -0.3 is 14.2 Å². The maximum Gasteiger partial charge on any atom is 0.338 e. The molecule has 0 spiro atoms. The molecule has 0 aliphatic carbocycles. The molecule has 5 nitrogen and oxygen atoms in total. The standard InChI is InChI=1S/C19H19NO4/c1-22-10-3-11-23-19(21)17-5-2-4-16(12-17)14-24-18-8-6-15(13-20)7-9-18/h2,4-9,12H,3,10-11,14H2,1H3. The van der Waals surface area contributed by atoms with E-state index < -0.39 is 0 Å². The van der Waals surface area contributed by atoms with Gasteiger partial charge in [0.15, 0.2) is 0 Å². The van der Waals surface area contributed by atoms with Crippen LogP contribution in [0, 0.1) is 11.3 Å². The Hall–Kier alpha value is -2.84. The first-order chi connectivity index (χ1) is 11.7. The van der Waals surface area contributed by atoms with Gasteiger partial charge in [0, 0.05) is 20.1 Å². The van der Waals surface area contributed by atoms with Gasteiger partial charge in [0.05, 0.1) is 23.8 Å². The first-order valence-corrected chi connectivity index (χ1v) is 7.61. The number of rotatable bonds is 8. The molecule has 0 heterocycles. The van der Waals surface area contributed by atoms with Crippen LogP contribution in [0.3, 0.4) is 0 Å². The third kappa shape index (κ3) is 5.41. The summed E-state index contributed by atoms with van der Waals surface area (Å²) >= 11 is 0. The number of nitrogens with zero attached hydrogens (tertiary/aromatic N) is 1. The molecule has 0 fully saturated rings. The van der Waals surface area contributed by atoms with Crippen molar-refractivity contribution in [2.24, 2.45) is 0 Å². The number of ether oxygens (including phenoxy) is 3. The predicted molar refractivity (Wildman–Crippen MR) is 88.7 cm³/mol. The lowest BCUT2D eigenvalue weighted by Gasteiger charge is -2.08. The fraction of sp³-hybridized carbons (Fsp3) is 0.263. The van der Waals surface area contributed by atoms with Crippen LogP contribution in [0.1, 0.15) is 27.9 Å². The predicted octanol–water partition coefficient (Wildman–Crippen LogP) is 3.33. The van der Waals surface area contributed by atoms with Crippen molar-refractivity contribution >= 4 is 5.97 Å². The van der Waals surface area contributed by atoms with Crippen molar-refractivity contribution < 1.29 is 19.0 Å². The summed E-state index contributed by atoms with van der Waals surface area (Å²) < 4.78 is 15.8. The molecule has 0 aliphatic rings. The Labute approximate surface area is 141 Å². The summed E-state index contributed by atoms with van der Waals surface area (Å²) in [6.07, 6.45) is 0.670. The Morgan fingerprint density at radius 2 is 1.92 bits per heavy atom. The van der Waals surface area contributed by atoms with Gasteiger partial charge in [0.2, 0.25) is 0 Å². The maximum atomic E-state index is 12.0. The summed E-state index contributed by atoms with van der Waals surface area (Å²) in [5, 5.41) is 8.77. The monoisotopic (exact) mass is 325 g/mol. The van der Waals surface area contributed by atoms with Gasteiger partial charge in [-0.25, -0.2) is 4.79 Å². The van der Waals surface area contributed by atoms with E-state index in [2.05, 4.69) is 6.07 Å². The van der Waals surface area contributed by atoms with E-state index in [4.69, 9.17) is 19.5 Å². The minimum atomic E-state index is -0.355. The normalized spacial score (nSPS) is 10.0. The molecule has 124 valence electrons. The van der Waals surface area contributed by atoms with E-state index in [0.29, 0.717) is 43.1 Å². The number of carbonyl (C=O) groups is 1. The fourth-order valence-corrected chi connectivity index (χ4v) is 2.03. The smallest absolute Gasteiger partial charge is 0.338 e. The largest absolute Gasteiger partial charge is 0.489 e. The van der Waals surface area contributed by atoms with Gasteiger partial charge in [-0.2, -0.15) is 5.26 Å². The Morgan fingerprint density at radius 1 is 1.12 bits per heavy atom. The van der Waals surface area contributed by atoms with Crippen molar-refractivity contribution in [2.45, 2.75) is 13.0 Å². The van der Waals surface area contributed by atoms with E-state index in [1.165, 1.54) is 0 Å². The quantitative estimate of drug-likeness (QED) is 0.550. The average molecular weight is 325 g/mol. The van der Waals surface area contributed by atoms with E-state index in [1.54, 1.807) is 49.6 Å². The summed E-state index contributed by atoms with van der Waals surface area (Å²) in [7, 11) is 1.61. The third-order valence-electron chi connectivity index (χ3n) is 3.28. The highest BCUT2D eigenvalue weighted by molar-refractivity contribution is 5.89.